The van der Waals surface area contributed by atoms with E-state index < -0.39 is 0 Å². The van der Waals surface area contributed by atoms with E-state index in [1.807, 2.05) is 31.2 Å². The molecule has 0 aromatic heterocycles. The Morgan fingerprint density at radius 3 is 2.62 bits per heavy atom. The van der Waals surface area contributed by atoms with Crippen molar-refractivity contribution >= 4 is 12.1 Å². The standard InChI is InChI=1S/C11H13NO/c1-9-6-4-5-7-11(9)10(2)12(3)8-13/h4-8H,2H2,1,3H3. The molecule has 0 saturated carbocycles. The molecule has 1 rings (SSSR count). The maximum Gasteiger partial charge on any atom is 0.213 e. The van der Waals surface area contributed by atoms with Crippen LogP contribution in [-0.4, -0.2) is 18.4 Å². The van der Waals surface area contributed by atoms with Gasteiger partial charge in [0.05, 0.1) is 0 Å². The van der Waals surface area contributed by atoms with Crippen molar-refractivity contribution in [3.05, 3.63) is 42.0 Å². The molecular weight excluding hydrogens is 162 g/mol. The predicted octanol–water partition coefficient (Wildman–Crippen LogP) is 2.05. The fourth-order valence-electron chi connectivity index (χ4n) is 1.15. The zero-order valence-corrected chi connectivity index (χ0v) is 7.95. The van der Waals surface area contributed by atoms with Gasteiger partial charge in [0.25, 0.3) is 0 Å². The summed E-state index contributed by atoms with van der Waals surface area (Å²) in [6.07, 6.45) is 0.759. The van der Waals surface area contributed by atoms with E-state index in [2.05, 4.69) is 6.58 Å². The van der Waals surface area contributed by atoms with Crippen LogP contribution in [0.25, 0.3) is 5.70 Å². The lowest BCUT2D eigenvalue weighted by Gasteiger charge is -2.15. The van der Waals surface area contributed by atoms with Crippen LogP contribution in [0.3, 0.4) is 0 Å². The highest BCUT2D eigenvalue weighted by molar-refractivity contribution is 5.73. The van der Waals surface area contributed by atoms with Crippen LogP contribution in [0.4, 0.5) is 0 Å². The Bertz CT molecular complexity index is 331. The second-order valence-electron chi connectivity index (χ2n) is 2.98. The molecule has 0 atom stereocenters. The zero-order valence-electron chi connectivity index (χ0n) is 7.95. The molecule has 0 saturated heterocycles. The summed E-state index contributed by atoms with van der Waals surface area (Å²) in [6, 6.07) is 7.86. The Labute approximate surface area is 78.5 Å². The van der Waals surface area contributed by atoms with Gasteiger partial charge in [-0.05, 0) is 12.5 Å². The summed E-state index contributed by atoms with van der Waals surface area (Å²) < 4.78 is 0. The van der Waals surface area contributed by atoms with Gasteiger partial charge in [-0.2, -0.15) is 0 Å². The van der Waals surface area contributed by atoms with E-state index in [0.717, 1.165) is 23.2 Å². The van der Waals surface area contributed by atoms with Crippen molar-refractivity contribution in [3.8, 4) is 0 Å². The Balaban J connectivity index is 3.02. The molecule has 0 aliphatic heterocycles. The maximum absolute atomic E-state index is 10.5. The highest BCUT2D eigenvalue weighted by atomic mass is 16.1. The molecule has 13 heavy (non-hydrogen) atoms. The first-order chi connectivity index (χ1) is 6.16. The highest BCUT2D eigenvalue weighted by Gasteiger charge is 2.05. The molecule has 2 nitrogen and oxygen atoms in total. The molecule has 1 amide bonds. The van der Waals surface area contributed by atoms with Crippen LogP contribution in [0.5, 0.6) is 0 Å². The molecule has 0 fully saturated rings. The second-order valence-corrected chi connectivity index (χ2v) is 2.98. The van der Waals surface area contributed by atoms with Crippen molar-refractivity contribution < 1.29 is 4.79 Å². The summed E-state index contributed by atoms with van der Waals surface area (Å²) in [7, 11) is 1.70. The van der Waals surface area contributed by atoms with Crippen LogP contribution in [0.2, 0.25) is 0 Å². The molecule has 0 N–H and O–H groups in total. The van der Waals surface area contributed by atoms with Gasteiger partial charge in [0.1, 0.15) is 0 Å². The van der Waals surface area contributed by atoms with Crippen LogP contribution in [0, 0.1) is 6.92 Å². The molecule has 68 valence electrons. The van der Waals surface area contributed by atoms with E-state index in [0.29, 0.717) is 0 Å². The number of carbonyl (C=O) groups excluding carboxylic acids is 1. The largest absolute Gasteiger partial charge is 0.318 e. The lowest BCUT2D eigenvalue weighted by molar-refractivity contribution is -0.114. The van der Waals surface area contributed by atoms with Crippen molar-refractivity contribution in [2.45, 2.75) is 6.92 Å². The molecule has 2 heteroatoms. The minimum Gasteiger partial charge on any atom is -0.318 e. The van der Waals surface area contributed by atoms with Crippen molar-refractivity contribution in [1.29, 1.82) is 0 Å². The third kappa shape index (κ3) is 1.96. The number of amides is 1. The number of hydrogen-bond donors (Lipinski definition) is 0. The summed E-state index contributed by atoms with van der Waals surface area (Å²) in [5.74, 6) is 0. The highest BCUT2D eigenvalue weighted by Crippen LogP contribution is 2.17. The molecule has 0 aliphatic rings. The molecule has 0 spiro atoms. The fraction of sp³-hybridized carbons (Fsp3) is 0.182. The number of nitrogens with zero attached hydrogens (tertiary/aromatic N) is 1. The van der Waals surface area contributed by atoms with Crippen molar-refractivity contribution in [1.82, 2.24) is 4.90 Å². The normalized spacial score (nSPS) is 9.38. The van der Waals surface area contributed by atoms with Gasteiger partial charge >= 0.3 is 0 Å². The van der Waals surface area contributed by atoms with E-state index in [1.54, 1.807) is 7.05 Å². The first-order valence-corrected chi connectivity index (χ1v) is 4.10. The molecule has 1 aromatic rings. The lowest BCUT2D eigenvalue weighted by Crippen LogP contribution is -2.13. The topological polar surface area (TPSA) is 20.3 Å². The van der Waals surface area contributed by atoms with Gasteiger partial charge in [-0.15, -0.1) is 0 Å². The summed E-state index contributed by atoms with van der Waals surface area (Å²) >= 11 is 0. The predicted molar refractivity (Wildman–Crippen MR) is 54.0 cm³/mol. The smallest absolute Gasteiger partial charge is 0.213 e. The van der Waals surface area contributed by atoms with Gasteiger partial charge in [-0.3, -0.25) is 4.79 Å². The first kappa shape index (κ1) is 9.52. The number of rotatable bonds is 3. The van der Waals surface area contributed by atoms with Gasteiger partial charge < -0.3 is 4.90 Å². The second kappa shape index (κ2) is 3.90. The Morgan fingerprint density at radius 2 is 2.08 bits per heavy atom. The molecular formula is C11H13NO. The first-order valence-electron chi connectivity index (χ1n) is 4.10. The van der Waals surface area contributed by atoms with Crippen LogP contribution in [0.15, 0.2) is 30.8 Å². The summed E-state index contributed by atoms with van der Waals surface area (Å²) in [5.41, 5.74) is 2.87. The SMILES string of the molecule is C=C(c1ccccc1C)N(C)C=O. The molecule has 0 unspecified atom stereocenters. The van der Waals surface area contributed by atoms with Gasteiger partial charge in [0.2, 0.25) is 6.41 Å². The quantitative estimate of drug-likeness (QED) is 0.644. The van der Waals surface area contributed by atoms with E-state index in [4.69, 9.17) is 0 Å². The summed E-state index contributed by atoms with van der Waals surface area (Å²) in [4.78, 5) is 12.0. The maximum atomic E-state index is 10.5. The van der Waals surface area contributed by atoms with Crippen molar-refractivity contribution in [2.75, 3.05) is 7.05 Å². The number of aryl methyl sites for hydroxylation is 1. The minimum atomic E-state index is 0.730. The van der Waals surface area contributed by atoms with Gasteiger partial charge in [0.15, 0.2) is 0 Å². The van der Waals surface area contributed by atoms with Crippen LogP contribution < -0.4 is 0 Å². The number of hydrogen-bond acceptors (Lipinski definition) is 1. The minimum absolute atomic E-state index is 0.730. The average Bonchev–Trinajstić information content (AvgIpc) is 2.16. The van der Waals surface area contributed by atoms with Gasteiger partial charge in [0, 0.05) is 18.3 Å². The van der Waals surface area contributed by atoms with Gasteiger partial charge in [-0.1, -0.05) is 30.8 Å². The Kier molecular flexibility index (Phi) is 2.85. The third-order valence-corrected chi connectivity index (χ3v) is 2.04. The van der Waals surface area contributed by atoms with Crippen LogP contribution in [-0.2, 0) is 4.79 Å². The number of benzene rings is 1. The third-order valence-electron chi connectivity index (χ3n) is 2.04. The van der Waals surface area contributed by atoms with Crippen molar-refractivity contribution in [2.24, 2.45) is 0 Å². The Hall–Kier alpha value is -1.57. The van der Waals surface area contributed by atoms with Crippen LogP contribution >= 0.6 is 0 Å². The molecule has 0 aliphatic carbocycles. The monoisotopic (exact) mass is 175 g/mol. The van der Waals surface area contributed by atoms with E-state index in [1.165, 1.54) is 4.90 Å². The van der Waals surface area contributed by atoms with Gasteiger partial charge in [-0.25, -0.2) is 0 Å². The molecule has 0 radical (unpaired) electrons. The summed E-state index contributed by atoms with van der Waals surface area (Å²) in [5, 5.41) is 0. The Morgan fingerprint density at radius 1 is 1.46 bits per heavy atom. The average molecular weight is 175 g/mol. The fourth-order valence-corrected chi connectivity index (χ4v) is 1.15. The van der Waals surface area contributed by atoms with Crippen LogP contribution in [0.1, 0.15) is 11.1 Å². The zero-order chi connectivity index (χ0) is 9.84. The number of carbonyl (C=O) groups is 1. The summed E-state index contributed by atoms with van der Waals surface area (Å²) in [6.45, 7) is 5.85. The van der Waals surface area contributed by atoms with E-state index >= 15 is 0 Å². The van der Waals surface area contributed by atoms with E-state index in [9.17, 15) is 4.79 Å². The molecule has 0 bridgehead atoms. The van der Waals surface area contributed by atoms with Crippen molar-refractivity contribution in [3.63, 3.8) is 0 Å². The molecule has 0 heterocycles. The van der Waals surface area contributed by atoms with E-state index in [-0.39, 0.29) is 0 Å². The lowest BCUT2D eigenvalue weighted by atomic mass is 10.1. The molecule has 1 aromatic carbocycles.